The van der Waals surface area contributed by atoms with Crippen LogP contribution in [0.4, 0.5) is 11.4 Å². The van der Waals surface area contributed by atoms with Gasteiger partial charge in [-0.3, -0.25) is 0 Å². The van der Waals surface area contributed by atoms with Crippen LogP contribution in [0, 0.1) is 6.17 Å². The molecule has 1 aliphatic heterocycles. The molecule has 3 nitrogen and oxygen atoms in total. The van der Waals surface area contributed by atoms with E-state index in [1.807, 2.05) is 18.2 Å². The first kappa shape index (κ1) is 11.9. The van der Waals surface area contributed by atoms with Gasteiger partial charge in [0.2, 0.25) is 0 Å². The van der Waals surface area contributed by atoms with Crippen LogP contribution in [-0.4, -0.2) is 21.2 Å². The van der Waals surface area contributed by atoms with E-state index < -0.39 is 0 Å². The highest BCUT2D eigenvalue weighted by atomic mass is 16.5. The van der Waals surface area contributed by atoms with Gasteiger partial charge in [-0.25, -0.2) is 0 Å². The van der Waals surface area contributed by atoms with Gasteiger partial charge < -0.3 is 14.5 Å². The van der Waals surface area contributed by atoms with Crippen molar-refractivity contribution in [3.05, 3.63) is 60.3 Å². The van der Waals surface area contributed by atoms with Crippen molar-refractivity contribution in [2.45, 2.75) is 0 Å². The van der Waals surface area contributed by atoms with Gasteiger partial charge in [-0.1, -0.05) is 30.3 Å². The summed E-state index contributed by atoms with van der Waals surface area (Å²) < 4.78 is 5.48. The molecule has 1 aliphatic rings. The van der Waals surface area contributed by atoms with Crippen LogP contribution in [0.2, 0.25) is 0 Å². The van der Waals surface area contributed by atoms with Gasteiger partial charge in [-0.05, 0) is 18.2 Å². The second kappa shape index (κ2) is 4.50. The molecule has 0 fully saturated rings. The second-order valence-corrected chi connectivity index (χ2v) is 4.63. The predicted molar refractivity (Wildman–Crippen MR) is 78.6 cm³/mol. The van der Waals surface area contributed by atoms with E-state index in [1.165, 1.54) is 11.4 Å². The second-order valence-electron chi connectivity index (χ2n) is 4.63. The van der Waals surface area contributed by atoms with E-state index in [0.717, 1.165) is 17.5 Å². The number of ether oxygens (including phenoxy) is 1. The molecule has 2 aromatic carbocycles. The van der Waals surface area contributed by atoms with Crippen LogP contribution in [-0.2, 0) is 0 Å². The van der Waals surface area contributed by atoms with E-state index >= 15 is 0 Å². The van der Waals surface area contributed by atoms with E-state index in [9.17, 15) is 0 Å². The van der Waals surface area contributed by atoms with E-state index in [0.29, 0.717) is 0 Å². The fraction of sp³-hybridized carbons (Fsp3) is 0.188. The Kier molecular flexibility index (Phi) is 2.82. The van der Waals surface area contributed by atoms with Gasteiger partial charge in [0.05, 0.1) is 18.5 Å². The molecule has 2 aromatic rings. The van der Waals surface area contributed by atoms with Crippen LogP contribution in [0.5, 0.6) is 5.75 Å². The van der Waals surface area contributed by atoms with Crippen LogP contribution in [0.15, 0.2) is 48.5 Å². The van der Waals surface area contributed by atoms with E-state index in [-0.39, 0.29) is 0 Å². The molecule has 0 aliphatic carbocycles. The minimum Gasteiger partial charge on any atom is -0.496 e. The summed E-state index contributed by atoms with van der Waals surface area (Å²) in [6.07, 6.45) is 1.14. The number of fused-ring (bicyclic) bond motifs is 1. The molecule has 0 saturated heterocycles. The van der Waals surface area contributed by atoms with E-state index in [1.54, 1.807) is 7.11 Å². The highest BCUT2D eigenvalue weighted by molar-refractivity contribution is 5.83. The molecule has 97 valence electrons. The van der Waals surface area contributed by atoms with Crippen molar-refractivity contribution in [1.29, 1.82) is 0 Å². The van der Waals surface area contributed by atoms with Gasteiger partial charge in [0.15, 0.2) is 6.17 Å². The zero-order valence-corrected chi connectivity index (χ0v) is 11.4. The Labute approximate surface area is 114 Å². The largest absolute Gasteiger partial charge is 0.496 e. The predicted octanol–water partition coefficient (Wildman–Crippen LogP) is 3.12. The third-order valence-corrected chi connectivity index (χ3v) is 3.59. The van der Waals surface area contributed by atoms with Crippen molar-refractivity contribution in [2.75, 3.05) is 31.0 Å². The minimum absolute atomic E-state index is 0.893. The molecule has 0 atom stereocenters. The molecule has 0 aromatic heterocycles. The Morgan fingerprint density at radius 2 is 1.32 bits per heavy atom. The molecule has 0 bridgehead atoms. The summed E-state index contributed by atoms with van der Waals surface area (Å²) in [4.78, 5) is 4.40. The van der Waals surface area contributed by atoms with Crippen molar-refractivity contribution >= 4 is 11.4 Å². The maximum Gasteiger partial charge on any atom is 0.190 e. The summed E-state index contributed by atoms with van der Waals surface area (Å²) in [6.45, 7) is 0. The number of hydrogen-bond acceptors (Lipinski definition) is 3. The number of nitrogens with zero attached hydrogens (tertiary/aromatic N) is 2. The first-order valence-corrected chi connectivity index (χ1v) is 6.31. The SMILES string of the molecule is COc1ccccc1[C]1N(C)c2ccccc2N1C. The monoisotopic (exact) mass is 253 g/mol. The third-order valence-electron chi connectivity index (χ3n) is 3.59. The Hall–Kier alpha value is -2.16. The lowest BCUT2D eigenvalue weighted by Crippen LogP contribution is -2.31. The summed E-state index contributed by atoms with van der Waals surface area (Å²) >= 11 is 0. The van der Waals surface area contributed by atoms with Gasteiger partial charge in [0.1, 0.15) is 5.75 Å². The van der Waals surface area contributed by atoms with Crippen LogP contribution < -0.4 is 14.5 Å². The molecule has 0 spiro atoms. The minimum atomic E-state index is 0.893. The van der Waals surface area contributed by atoms with Gasteiger partial charge in [0, 0.05) is 19.7 Å². The Balaban J connectivity index is 2.09. The van der Waals surface area contributed by atoms with Crippen molar-refractivity contribution in [2.24, 2.45) is 0 Å². The van der Waals surface area contributed by atoms with Crippen LogP contribution >= 0.6 is 0 Å². The fourth-order valence-corrected chi connectivity index (χ4v) is 2.68. The van der Waals surface area contributed by atoms with Crippen molar-refractivity contribution < 1.29 is 4.74 Å². The highest BCUT2D eigenvalue weighted by Crippen LogP contribution is 2.45. The molecule has 0 N–H and O–H groups in total. The normalized spacial score (nSPS) is 14.7. The Morgan fingerprint density at radius 1 is 0.789 bits per heavy atom. The molecule has 0 amide bonds. The molecule has 0 unspecified atom stereocenters. The quantitative estimate of drug-likeness (QED) is 0.818. The van der Waals surface area contributed by atoms with Gasteiger partial charge >= 0.3 is 0 Å². The molecule has 3 heteroatoms. The van der Waals surface area contributed by atoms with E-state index in [4.69, 9.17) is 4.74 Å². The van der Waals surface area contributed by atoms with Crippen LogP contribution in [0.25, 0.3) is 0 Å². The number of hydrogen-bond donors (Lipinski definition) is 0. The molecule has 19 heavy (non-hydrogen) atoms. The third kappa shape index (κ3) is 1.73. The summed E-state index contributed by atoms with van der Waals surface area (Å²) in [6, 6.07) is 16.5. The average molecular weight is 253 g/mol. The standard InChI is InChI=1S/C16H17N2O/c1-17-13-9-5-6-10-14(13)18(2)16(17)12-8-4-7-11-15(12)19-3/h4-11H,1-3H3. The highest BCUT2D eigenvalue weighted by Gasteiger charge is 2.35. The molecular formula is C16H17N2O. The molecule has 0 saturated carbocycles. The first-order valence-electron chi connectivity index (χ1n) is 6.31. The van der Waals surface area contributed by atoms with Gasteiger partial charge in [-0.15, -0.1) is 0 Å². The van der Waals surface area contributed by atoms with E-state index in [2.05, 4.69) is 54.2 Å². The van der Waals surface area contributed by atoms with Crippen LogP contribution in [0.3, 0.4) is 0 Å². The van der Waals surface area contributed by atoms with Gasteiger partial charge in [0.25, 0.3) is 0 Å². The van der Waals surface area contributed by atoms with Crippen molar-refractivity contribution in [3.8, 4) is 5.75 Å². The lowest BCUT2D eigenvalue weighted by atomic mass is 10.1. The topological polar surface area (TPSA) is 15.7 Å². The fourth-order valence-electron chi connectivity index (χ4n) is 2.68. The number of benzene rings is 2. The maximum absolute atomic E-state index is 5.48. The zero-order chi connectivity index (χ0) is 13.4. The Morgan fingerprint density at radius 3 is 1.89 bits per heavy atom. The lowest BCUT2D eigenvalue weighted by molar-refractivity contribution is 0.410. The maximum atomic E-state index is 5.48. The number of anilines is 2. The number of methoxy groups -OCH3 is 1. The van der Waals surface area contributed by atoms with Crippen molar-refractivity contribution in [3.63, 3.8) is 0 Å². The van der Waals surface area contributed by atoms with Crippen molar-refractivity contribution in [1.82, 2.24) is 0 Å². The summed E-state index contributed by atoms with van der Waals surface area (Å²) in [5.74, 6) is 0.893. The summed E-state index contributed by atoms with van der Waals surface area (Å²) in [7, 11) is 5.88. The number of para-hydroxylation sites is 3. The lowest BCUT2D eigenvalue weighted by Gasteiger charge is -2.27. The Bertz CT molecular complexity index is 568. The molecular weight excluding hydrogens is 236 g/mol. The van der Waals surface area contributed by atoms with Gasteiger partial charge in [-0.2, -0.15) is 0 Å². The molecule has 1 radical (unpaired) electrons. The smallest absolute Gasteiger partial charge is 0.190 e. The number of rotatable bonds is 2. The molecule has 3 rings (SSSR count). The summed E-state index contributed by atoms with van der Waals surface area (Å²) in [5, 5.41) is 0. The van der Waals surface area contributed by atoms with Crippen LogP contribution in [0.1, 0.15) is 5.56 Å². The molecule has 1 heterocycles. The summed E-state index contributed by atoms with van der Waals surface area (Å²) in [5.41, 5.74) is 3.53. The average Bonchev–Trinajstić information content (AvgIpc) is 2.71. The zero-order valence-electron chi connectivity index (χ0n) is 11.4. The first-order chi connectivity index (χ1) is 9.24.